The molecule has 4 nitrogen and oxygen atoms in total. The number of nitrogens with one attached hydrogen (secondary N) is 1. The Labute approximate surface area is 115 Å². The third-order valence-corrected chi connectivity index (χ3v) is 4.00. The third-order valence-electron chi connectivity index (χ3n) is 2.83. The third kappa shape index (κ3) is 3.17. The van der Waals surface area contributed by atoms with E-state index in [1.165, 1.54) is 18.9 Å². The van der Waals surface area contributed by atoms with Crippen LogP contribution in [-0.2, 0) is 15.3 Å². The van der Waals surface area contributed by atoms with Gasteiger partial charge < -0.3 is 9.72 Å². The molecule has 0 aliphatic heterocycles. The number of benzene rings is 1. The highest BCUT2D eigenvalue weighted by Crippen LogP contribution is 2.19. The molecule has 2 rings (SSSR count). The fourth-order valence-corrected chi connectivity index (χ4v) is 2.61. The summed E-state index contributed by atoms with van der Waals surface area (Å²) < 4.78 is 4.66. The summed E-state index contributed by atoms with van der Waals surface area (Å²) >= 11 is 1.43. The molecule has 0 bridgehead atoms. The molecule has 0 spiro atoms. The van der Waals surface area contributed by atoms with E-state index in [1.54, 1.807) is 13.0 Å². The van der Waals surface area contributed by atoms with Crippen LogP contribution in [0.15, 0.2) is 35.1 Å². The second-order valence-corrected chi connectivity index (χ2v) is 5.52. The van der Waals surface area contributed by atoms with Crippen LogP contribution in [-0.4, -0.2) is 23.3 Å². The van der Waals surface area contributed by atoms with Crippen LogP contribution >= 0.6 is 11.8 Å². The van der Waals surface area contributed by atoms with Gasteiger partial charge in [-0.1, -0.05) is 18.2 Å². The molecule has 0 saturated carbocycles. The second-order valence-electron chi connectivity index (χ2n) is 4.19. The Bertz CT molecular complexity index is 650. The van der Waals surface area contributed by atoms with Crippen LogP contribution in [0, 0.1) is 0 Å². The number of rotatable bonds is 4. The van der Waals surface area contributed by atoms with E-state index >= 15 is 0 Å². The molecule has 1 heterocycles. The van der Waals surface area contributed by atoms with E-state index in [0.29, 0.717) is 11.1 Å². The van der Waals surface area contributed by atoms with Gasteiger partial charge in [0.25, 0.3) is 5.56 Å². The maximum atomic E-state index is 11.9. The first-order valence-corrected chi connectivity index (χ1v) is 6.97. The van der Waals surface area contributed by atoms with Gasteiger partial charge in [-0.3, -0.25) is 9.59 Å². The number of aromatic nitrogens is 1. The number of esters is 1. The van der Waals surface area contributed by atoms with Gasteiger partial charge in [0.15, 0.2) is 0 Å². The molecule has 2 aromatic rings. The number of ether oxygens (including phenoxy) is 1. The van der Waals surface area contributed by atoms with Crippen molar-refractivity contribution in [2.24, 2.45) is 0 Å². The van der Waals surface area contributed by atoms with Crippen molar-refractivity contribution in [2.75, 3.05) is 7.11 Å². The van der Waals surface area contributed by atoms with E-state index in [-0.39, 0.29) is 16.8 Å². The maximum Gasteiger partial charge on any atom is 0.318 e. The zero-order valence-corrected chi connectivity index (χ0v) is 11.6. The number of hydrogen-bond acceptors (Lipinski definition) is 4. The molecule has 0 aliphatic carbocycles. The lowest BCUT2D eigenvalue weighted by Crippen LogP contribution is -2.15. The smallest absolute Gasteiger partial charge is 0.318 e. The molecule has 0 radical (unpaired) electrons. The molecule has 0 unspecified atom stereocenters. The molecule has 1 aromatic carbocycles. The number of pyridine rings is 1. The molecule has 0 amide bonds. The van der Waals surface area contributed by atoms with Gasteiger partial charge in [-0.15, -0.1) is 11.8 Å². The minimum Gasteiger partial charge on any atom is -0.468 e. The molecule has 5 heteroatoms. The average Bonchev–Trinajstić information content (AvgIpc) is 2.44. The van der Waals surface area contributed by atoms with Crippen LogP contribution < -0.4 is 5.56 Å². The highest BCUT2D eigenvalue weighted by molar-refractivity contribution is 7.99. The van der Waals surface area contributed by atoms with Gasteiger partial charge in [0.05, 0.1) is 12.4 Å². The van der Waals surface area contributed by atoms with E-state index in [1.807, 2.05) is 24.3 Å². The molecule has 1 N–H and O–H groups in total. The quantitative estimate of drug-likeness (QED) is 0.871. The van der Waals surface area contributed by atoms with E-state index in [0.717, 1.165) is 11.1 Å². The predicted octanol–water partition coefficient (Wildman–Crippen LogP) is 2.32. The number of aromatic amines is 1. The number of carbonyl (C=O) groups is 1. The van der Waals surface area contributed by atoms with Crippen molar-refractivity contribution in [1.29, 1.82) is 0 Å². The Morgan fingerprint density at radius 1 is 1.42 bits per heavy atom. The molecular weight excluding hydrogens is 262 g/mol. The van der Waals surface area contributed by atoms with Crippen molar-refractivity contribution in [3.05, 3.63) is 46.4 Å². The lowest BCUT2D eigenvalue weighted by molar-refractivity contribution is -0.139. The Balaban J connectivity index is 2.18. The number of fused-ring (bicyclic) bond motifs is 1. The van der Waals surface area contributed by atoms with Crippen molar-refractivity contribution in [3.8, 4) is 0 Å². The normalized spacial score (nSPS) is 12.3. The van der Waals surface area contributed by atoms with Gasteiger partial charge in [0.1, 0.15) is 0 Å². The van der Waals surface area contributed by atoms with Crippen molar-refractivity contribution >= 4 is 28.5 Å². The Morgan fingerprint density at radius 3 is 2.89 bits per heavy atom. The largest absolute Gasteiger partial charge is 0.468 e. The van der Waals surface area contributed by atoms with Gasteiger partial charge in [-0.05, 0) is 24.4 Å². The molecule has 100 valence electrons. The van der Waals surface area contributed by atoms with Crippen LogP contribution in [0.3, 0.4) is 0 Å². The molecular formula is C14H15NO3S. The van der Waals surface area contributed by atoms with Gasteiger partial charge in [-0.25, -0.2) is 0 Å². The summed E-state index contributed by atoms with van der Waals surface area (Å²) in [5.41, 5.74) is 0.712. The van der Waals surface area contributed by atoms with Crippen molar-refractivity contribution in [3.63, 3.8) is 0 Å². The van der Waals surface area contributed by atoms with E-state index in [9.17, 15) is 9.59 Å². The van der Waals surface area contributed by atoms with Crippen LogP contribution in [0.4, 0.5) is 0 Å². The van der Waals surface area contributed by atoms with Crippen LogP contribution in [0.25, 0.3) is 10.8 Å². The first kappa shape index (κ1) is 13.7. The SMILES string of the molecule is COC(=O)[C@@H](C)SCc1cc2ccccc2c(=O)[nH]1. The van der Waals surface area contributed by atoms with Crippen LogP contribution in [0.2, 0.25) is 0 Å². The first-order chi connectivity index (χ1) is 9.11. The fraction of sp³-hybridized carbons (Fsp3) is 0.286. The van der Waals surface area contributed by atoms with Gasteiger partial charge >= 0.3 is 5.97 Å². The monoisotopic (exact) mass is 277 g/mol. The highest BCUT2D eigenvalue weighted by atomic mass is 32.2. The molecule has 1 aromatic heterocycles. The van der Waals surface area contributed by atoms with Crippen molar-refractivity contribution < 1.29 is 9.53 Å². The minimum atomic E-state index is -0.256. The second kappa shape index (κ2) is 5.93. The standard InChI is InChI=1S/C14H15NO3S/c1-9(14(17)18-2)19-8-11-7-10-5-3-4-6-12(10)13(16)15-11/h3-7,9H,8H2,1-2H3,(H,15,16)/t9-/m1/s1. The molecule has 0 saturated heterocycles. The maximum absolute atomic E-state index is 11.9. The van der Waals surface area contributed by atoms with Gasteiger partial charge in [0, 0.05) is 16.8 Å². The first-order valence-electron chi connectivity index (χ1n) is 5.92. The van der Waals surface area contributed by atoms with Gasteiger partial charge in [0.2, 0.25) is 0 Å². The van der Waals surface area contributed by atoms with Crippen molar-refractivity contribution in [2.45, 2.75) is 17.9 Å². The Hall–Kier alpha value is -1.75. The van der Waals surface area contributed by atoms with E-state index < -0.39 is 0 Å². The van der Waals surface area contributed by atoms with Crippen LogP contribution in [0.1, 0.15) is 12.6 Å². The summed E-state index contributed by atoms with van der Waals surface area (Å²) in [5.74, 6) is 0.309. The zero-order chi connectivity index (χ0) is 13.8. The summed E-state index contributed by atoms with van der Waals surface area (Å²) in [4.78, 5) is 26.0. The molecule has 19 heavy (non-hydrogen) atoms. The number of methoxy groups -OCH3 is 1. The average molecular weight is 277 g/mol. The Kier molecular flexibility index (Phi) is 4.27. The summed E-state index contributed by atoms with van der Waals surface area (Å²) in [6.07, 6.45) is 0. The fourth-order valence-electron chi connectivity index (χ4n) is 1.79. The molecule has 0 fully saturated rings. The lowest BCUT2D eigenvalue weighted by atomic mass is 10.1. The summed E-state index contributed by atoms with van der Waals surface area (Å²) in [5, 5.41) is 1.34. The Morgan fingerprint density at radius 2 is 2.16 bits per heavy atom. The topological polar surface area (TPSA) is 59.2 Å². The number of hydrogen-bond donors (Lipinski definition) is 1. The predicted molar refractivity (Wildman–Crippen MR) is 77.3 cm³/mol. The van der Waals surface area contributed by atoms with Crippen molar-refractivity contribution in [1.82, 2.24) is 4.98 Å². The summed E-state index contributed by atoms with van der Waals surface area (Å²) in [7, 11) is 1.37. The van der Waals surface area contributed by atoms with E-state index in [4.69, 9.17) is 0 Å². The summed E-state index contributed by atoms with van der Waals surface area (Å²) in [6.45, 7) is 1.79. The summed E-state index contributed by atoms with van der Waals surface area (Å²) in [6, 6.07) is 9.37. The minimum absolute atomic E-state index is 0.0978. The lowest BCUT2D eigenvalue weighted by Gasteiger charge is -2.09. The zero-order valence-electron chi connectivity index (χ0n) is 10.8. The number of thioether (sulfide) groups is 1. The van der Waals surface area contributed by atoms with Gasteiger partial charge in [-0.2, -0.15) is 0 Å². The highest BCUT2D eigenvalue weighted by Gasteiger charge is 2.13. The van der Waals surface area contributed by atoms with Crippen LogP contribution in [0.5, 0.6) is 0 Å². The molecule has 1 atom stereocenters. The number of carbonyl (C=O) groups excluding carboxylic acids is 1. The van der Waals surface area contributed by atoms with E-state index in [2.05, 4.69) is 9.72 Å². The number of H-pyrrole nitrogens is 1. The molecule has 0 aliphatic rings.